The van der Waals surface area contributed by atoms with Crippen LogP contribution in [0.15, 0.2) is 0 Å². The molecule has 0 spiro atoms. The molecular weight excluding hydrogens is 142 g/mol. The van der Waals surface area contributed by atoms with Gasteiger partial charge in [0.2, 0.25) is 0 Å². The molecule has 1 aliphatic rings. The lowest BCUT2D eigenvalue weighted by molar-refractivity contribution is -0.157. The van der Waals surface area contributed by atoms with Crippen LogP contribution in [0.2, 0.25) is 0 Å². The average molecular weight is 153 g/mol. The van der Waals surface area contributed by atoms with Gasteiger partial charge in [0.1, 0.15) is 0 Å². The van der Waals surface area contributed by atoms with Crippen LogP contribution in [0.5, 0.6) is 0 Å². The summed E-state index contributed by atoms with van der Waals surface area (Å²) in [6, 6.07) is 2.04. The number of rotatable bonds is 1. The molecule has 1 saturated carbocycles. The van der Waals surface area contributed by atoms with E-state index in [4.69, 9.17) is 5.26 Å². The smallest absolute Gasteiger partial charge is 0.326 e. The summed E-state index contributed by atoms with van der Waals surface area (Å²) in [6.45, 7) is 1.91. The minimum absolute atomic E-state index is 0.153. The van der Waals surface area contributed by atoms with E-state index in [0.29, 0.717) is 6.42 Å². The number of methoxy groups -OCH3 is 1. The van der Waals surface area contributed by atoms with Crippen molar-refractivity contribution >= 4 is 5.97 Å². The Bertz CT molecular complexity index is 219. The molecule has 0 heterocycles. The van der Waals surface area contributed by atoms with Crippen molar-refractivity contribution < 1.29 is 9.53 Å². The first-order valence-corrected chi connectivity index (χ1v) is 3.67. The van der Waals surface area contributed by atoms with Gasteiger partial charge in [-0.25, -0.2) is 0 Å². The van der Waals surface area contributed by atoms with Crippen molar-refractivity contribution in [3.63, 3.8) is 0 Å². The summed E-state index contributed by atoms with van der Waals surface area (Å²) in [7, 11) is 1.33. The molecule has 0 aromatic carbocycles. The van der Waals surface area contributed by atoms with Crippen LogP contribution in [0, 0.1) is 22.7 Å². The van der Waals surface area contributed by atoms with E-state index in [9.17, 15) is 4.79 Å². The Morgan fingerprint density at radius 2 is 2.45 bits per heavy atom. The average Bonchev–Trinajstić information content (AvgIpc) is 2.03. The van der Waals surface area contributed by atoms with Gasteiger partial charge in [-0.05, 0) is 18.8 Å². The summed E-state index contributed by atoms with van der Waals surface area (Å²) >= 11 is 0. The second-order valence-electron chi connectivity index (χ2n) is 3.01. The fourth-order valence-electron chi connectivity index (χ4n) is 1.42. The molecule has 0 radical (unpaired) electrons. The van der Waals surface area contributed by atoms with Crippen molar-refractivity contribution in [2.24, 2.45) is 11.3 Å². The van der Waals surface area contributed by atoms with Gasteiger partial charge in [0, 0.05) is 0 Å². The fraction of sp³-hybridized carbons (Fsp3) is 0.750. The lowest BCUT2D eigenvalue weighted by Gasteiger charge is -2.39. The van der Waals surface area contributed by atoms with Crippen molar-refractivity contribution in [3.05, 3.63) is 0 Å². The molecule has 0 saturated heterocycles. The molecule has 0 aromatic heterocycles. The standard InChI is InChI=1S/C8H11NO2/c1-6-3-4-8(6,5-9)7(10)11-2/h6H,3-4H2,1-2H3/t6-,8-/m1/s1. The number of esters is 1. The molecule has 0 amide bonds. The Labute approximate surface area is 66.0 Å². The normalized spacial score (nSPS) is 35.2. The van der Waals surface area contributed by atoms with Gasteiger partial charge in [0.05, 0.1) is 13.2 Å². The van der Waals surface area contributed by atoms with E-state index < -0.39 is 5.41 Å². The predicted molar refractivity (Wildman–Crippen MR) is 38.5 cm³/mol. The zero-order valence-electron chi connectivity index (χ0n) is 6.76. The molecule has 11 heavy (non-hydrogen) atoms. The fourth-order valence-corrected chi connectivity index (χ4v) is 1.42. The molecule has 1 fully saturated rings. The van der Waals surface area contributed by atoms with Crippen molar-refractivity contribution in [3.8, 4) is 6.07 Å². The van der Waals surface area contributed by atoms with Crippen molar-refractivity contribution in [2.75, 3.05) is 7.11 Å². The highest BCUT2D eigenvalue weighted by Crippen LogP contribution is 2.46. The Morgan fingerprint density at radius 3 is 2.55 bits per heavy atom. The van der Waals surface area contributed by atoms with E-state index in [1.807, 2.05) is 13.0 Å². The van der Waals surface area contributed by atoms with Crippen LogP contribution in [0.4, 0.5) is 0 Å². The highest BCUT2D eigenvalue weighted by atomic mass is 16.5. The van der Waals surface area contributed by atoms with Crippen molar-refractivity contribution in [2.45, 2.75) is 19.8 Å². The Hall–Kier alpha value is -1.04. The SMILES string of the molecule is COC(=O)[C@@]1(C#N)CC[C@H]1C. The minimum atomic E-state index is -0.825. The van der Waals surface area contributed by atoms with Gasteiger partial charge in [-0.15, -0.1) is 0 Å². The molecule has 3 heteroatoms. The molecule has 3 nitrogen and oxygen atoms in total. The maximum Gasteiger partial charge on any atom is 0.326 e. The summed E-state index contributed by atoms with van der Waals surface area (Å²) in [5.41, 5.74) is -0.825. The zero-order valence-corrected chi connectivity index (χ0v) is 6.76. The molecule has 0 aromatic rings. The number of nitrogens with zero attached hydrogens (tertiary/aromatic N) is 1. The third kappa shape index (κ3) is 0.900. The van der Waals surface area contributed by atoms with Crippen LogP contribution < -0.4 is 0 Å². The van der Waals surface area contributed by atoms with Crippen LogP contribution in [-0.4, -0.2) is 13.1 Å². The number of hydrogen-bond donors (Lipinski definition) is 0. The maximum atomic E-state index is 11.1. The molecule has 0 bridgehead atoms. The predicted octanol–water partition coefficient (Wildman–Crippen LogP) is 1.10. The van der Waals surface area contributed by atoms with Crippen LogP contribution in [0.25, 0.3) is 0 Å². The zero-order chi connectivity index (χ0) is 8.48. The first-order chi connectivity index (χ1) is 5.17. The Balaban J connectivity index is 2.79. The molecular formula is C8H11NO2. The summed E-state index contributed by atoms with van der Waals surface area (Å²) in [6.07, 6.45) is 1.60. The van der Waals surface area contributed by atoms with Crippen molar-refractivity contribution in [1.82, 2.24) is 0 Å². The second kappa shape index (κ2) is 2.54. The van der Waals surface area contributed by atoms with Gasteiger partial charge in [0.15, 0.2) is 5.41 Å². The van der Waals surface area contributed by atoms with E-state index in [1.54, 1.807) is 0 Å². The highest BCUT2D eigenvalue weighted by molar-refractivity contribution is 5.81. The first kappa shape index (κ1) is 8.06. The molecule has 60 valence electrons. The van der Waals surface area contributed by atoms with Gasteiger partial charge in [-0.2, -0.15) is 5.26 Å². The monoisotopic (exact) mass is 153 g/mol. The van der Waals surface area contributed by atoms with Crippen LogP contribution in [-0.2, 0) is 9.53 Å². The summed E-state index contributed by atoms with van der Waals surface area (Å²) < 4.78 is 4.56. The second-order valence-corrected chi connectivity index (χ2v) is 3.01. The van der Waals surface area contributed by atoms with Crippen LogP contribution in [0.1, 0.15) is 19.8 Å². The largest absolute Gasteiger partial charge is 0.468 e. The third-order valence-corrected chi connectivity index (χ3v) is 2.56. The molecule has 1 aliphatic carbocycles. The van der Waals surface area contributed by atoms with E-state index in [0.717, 1.165) is 6.42 Å². The highest BCUT2D eigenvalue weighted by Gasteiger charge is 2.52. The summed E-state index contributed by atoms with van der Waals surface area (Å²) in [4.78, 5) is 11.1. The minimum Gasteiger partial charge on any atom is -0.468 e. The number of carbonyl (C=O) groups excluding carboxylic acids is 1. The van der Waals surface area contributed by atoms with Gasteiger partial charge in [-0.3, -0.25) is 4.79 Å². The Morgan fingerprint density at radius 1 is 1.82 bits per heavy atom. The van der Waals surface area contributed by atoms with Gasteiger partial charge in [0.25, 0.3) is 0 Å². The van der Waals surface area contributed by atoms with Gasteiger partial charge < -0.3 is 4.74 Å². The van der Waals surface area contributed by atoms with Crippen molar-refractivity contribution in [1.29, 1.82) is 5.26 Å². The van der Waals surface area contributed by atoms with E-state index in [1.165, 1.54) is 7.11 Å². The van der Waals surface area contributed by atoms with Gasteiger partial charge in [-0.1, -0.05) is 6.92 Å². The van der Waals surface area contributed by atoms with Crippen LogP contribution >= 0.6 is 0 Å². The summed E-state index contributed by atoms with van der Waals surface area (Å²) in [5, 5.41) is 8.76. The molecule has 0 unspecified atom stereocenters. The lowest BCUT2D eigenvalue weighted by Crippen LogP contribution is -2.44. The molecule has 0 N–H and O–H groups in total. The van der Waals surface area contributed by atoms with E-state index >= 15 is 0 Å². The topological polar surface area (TPSA) is 50.1 Å². The molecule has 2 atom stereocenters. The maximum absolute atomic E-state index is 11.1. The number of nitriles is 1. The lowest BCUT2D eigenvalue weighted by atomic mass is 9.62. The third-order valence-electron chi connectivity index (χ3n) is 2.56. The van der Waals surface area contributed by atoms with E-state index in [-0.39, 0.29) is 11.9 Å². The van der Waals surface area contributed by atoms with E-state index in [2.05, 4.69) is 4.74 Å². The van der Waals surface area contributed by atoms with Crippen LogP contribution in [0.3, 0.4) is 0 Å². The first-order valence-electron chi connectivity index (χ1n) is 3.67. The molecule has 1 rings (SSSR count). The number of carbonyl (C=O) groups is 1. The Kier molecular flexibility index (Phi) is 1.86. The summed E-state index contributed by atoms with van der Waals surface area (Å²) in [5.74, 6) is -0.223. The quantitative estimate of drug-likeness (QED) is 0.530. The number of hydrogen-bond acceptors (Lipinski definition) is 3. The number of ether oxygens (including phenoxy) is 1. The molecule has 0 aliphatic heterocycles. The van der Waals surface area contributed by atoms with Gasteiger partial charge >= 0.3 is 5.97 Å².